The van der Waals surface area contributed by atoms with Crippen molar-refractivity contribution in [2.24, 2.45) is 0 Å². The predicted octanol–water partition coefficient (Wildman–Crippen LogP) is 4.39. The van der Waals surface area contributed by atoms with Gasteiger partial charge in [0.25, 0.3) is 0 Å². The molecule has 22 heavy (non-hydrogen) atoms. The number of imidazole rings is 1. The van der Waals surface area contributed by atoms with Gasteiger partial charge < -0.3 is 8.98 Å². The van der Waals surface area contributed by atoms with Crippen molar-refractivity contribution in [1.29, 1.82) is 0 Å². The highest BCUT2D eigenvalue weighted by molar-refractivity contribution is 6.30. The first kappa shape index (κ1) is 13.1. The fourth-order valence-corrected chi connectivity index (χ4v) is 2.60. The van der Waals surface area contributed by atoms with Crippen molar-refractivity contribution in [3.63, 3.8) is 0 Å². The molecule has 4 nitrogen and oxygen atoms in total. The zero-order chi connectivity index (χ0) is 14.9. The summed E-state index contributed by atoms with van der Waals surface area (Å²) in [5, 5.41) is 0.726. The van der Waals surface area contributed by atoms with Crippen molar-refractivity contribution >= 4 is 22.8 Å². The molecule has 4 rings (SSSR count). The SMILES string of the molecule is Clc1ccc(Cn2c(-c3ccco3)nc3cccnc32)cc1. The minimum Gasteiger partial charge on any atom is -0.461 e. The number of hydrogen-bond donors (Lipinski definition) is 0. The Morgan fingerprint density at radius 3 is 2.68 bits per heavy atom. The molecule has 1 aromatic carbocycles. The van der Waals surface area contributed by atoms with Gasteiger partial charge in [-0.25, -0.2) is 9.97 Å². The number of halogens is 1. The molecule has 0 N–H and O–H groups in total. The van der Waals surface area contributed by atoms with Crippen LogP contribution in [0, 0.1) is 0 Å². The molecule has 0 spiro atoms. The van der Waals surface area contributed by atoms with Crippen LogP contribution in [0.25, 0.3) is 22.7 Å². The zero-order valence-corrected chi connectivity index (χ0v) is 12.4. The summed E-state index contributed by atoms with van der Waals surface area (Å²) in [6.07, 6.45) is 3.42. The van der Waals surface area contributed by atoms with E-state index in [9.17, 15) is 0 Å². The van der Waals surface area contributed by atoms with E-state index in [0.29, 0.717) is 6.54 Å². The Kier molecular flexibility index (Phi) is 3.16. The maximum absolute atomic E-state index is 5.95. The van der Waals surface area contributed by atoms with Crippen molar-refractivity contribution in [2.75, 3.05) is 0 Å². The van der Waals surface area contributed by atoms with Crippen molar-refractivity contribution in [1.82, 2.24) is 14.5 Å². The average Bonchev–Trinajstić information content (AvgIpc) is 3.18. The van der Waals surface area contributed by atoms with Gasteiger partial charge in [0.15, 0.2) is 17.2 Å². The highest BCUT2D eigenvalue weighted by atomic mass is 35.5. The molecule has 108 valence electrons. The fourth-order valence-electron chi connectivity index (χ4n) is 2.47. The van der Waals surface area contributed by atoms with Gasteiger partial charge in [-0.2, -0.15) is 0 Å². The summed E-state index contributed by atoms with van der Waals surface area (Å²) >= 11 is 5.95. The van der Waals surface area contributed by atoms with E-state index < -0.39 is 0 Å². The Balaban J connectivity index is 1.87. The number of nitrogens with zero attached hydrogens (tertiary/aromatic N) is 3. The lowest BCUT2D eigenvalue weighted by Crippen LogP contribution is -2.02. The van der Waals surface area contributed by atoms with Crippen LogP contribution in [0.1, 0.15) is 5.56 Å². The van der Waals surface area contributed by atoms with Gasteiger partial charge in [0.05, 0.1) is 12.8 Å². The van der Waals surface area contributed by atoms with Crippen molar-refractivity contribution in [2.45, 2.75) is 6.54 Å². The lowest BCUT2D eigenvalue weighted by molar-refractivity contribution is 0.572. The van der Waals surface area contributed by atoms with Crippen LogP contribution in [0.4, 0.5) is 0 Å². The van der Waals surface area contributed by atoms with E-state index in [1.807, 2.05) is 48.5 Å². The van der Waals surface area contributed by atoms with Crippen LogP contribution >= 0.6 is 11.6 Å². The molecule has 0 fully saturated rings. The Morgan fingerprint density at radius 2 is 1.91 bits per heavy atom. The first-order chi connectivity index (χ1) is 10.8. The second-order valence-corrected chi connectivity index (χ2v) is 5.41. The molecule has 0 radical (unpaired) electrons. The maximum Gasteiger partial charge on any atom is 0.178 e. The van der Waals surface area contributed by atoms with Gasteiger partial charge in [0, 0.05) is 11.2 Å². The molecule has 0 unspecified atom stereocenters. The molecule has 3 aromatic heterocycles. The standard InChI is InChI=1S/C17H12ClN3O/c18-13-7-5-12(6-8-13)11-21-16-14(3-1-9-19-16)20-17(21)15-4-2-10-22-15/h1-10H,11H2. The topological polar surface area (TPSA) is 43.9 Å². The van der Waals surface area contributed by atoms with E-state index in [-0.39, 0.29) is 0 Å². The van der Waals surface area contributed by atoms with Crippen LogP contribution in [-0.2, 0) is 6.54 Å². The maximum atomic E-state index is 5.95. The van der Waals surface area contributed by atoms with Gasteiger partial charge >= 0.3 is 0 Å². The van der Waals surface area contributed by atoms with E-state index in [1.54, 1.807) is 12.5 Å². The molecule has 0 aliphatic carbocycles. The molecule has 4 aromatic rings. The lowest BCUT2D eigenvalue weighted by Gasteiger charge is -2.07. The molecular formula is C17H12ClN3O. The molecule has 0 bridgehead atoms. The minimum atomic E-state index is 0.653. The third-order valence-electron chi connectivity index (χ3n) is 3.50. The zero-order valence-electron chi connectivity index (χ0n) is 11.6. The van der Waals surface area contributed by atoms with Crippen molar-refractivity contribution in [3.05, 3.63) is 71.6 Å². The van der Waals surface area contributed by atoms with Crippen LogP contribution in [-0.4, -0.2) is 14.5 Å². The molecule has 0 saturated heterocycles. The first-order valence-corrected chi connectivity index (χ1v) is 7.28. The average molecular weight is 310 g/mol. The second kappa shape index (κ2) is 5.31. The van der Waals surface area contributed by atoms with Crippen LogP contribution in [0.15, 0.2) is 65.4 Å². The van der Waals surface area contributed by atoms with Gasteiger partial charge in [0.2, 0.25) is 0 Å². The highest BCUT2D eigenvalue weighted by Gasteiger charge is 2.15. The number of aromatic nitrogens is 3. The molecule has 5 heteroatoms. The van der Waals surface area contributed by atoms with E-state index in [4.69, 9.17) is 16.0 Å². The van der Waals surface area contributed by atoms with Gasteiger partial charge in [-0.3, -0.25) is 0 Å². The molecule has 0 amide bonds. The summed E-state index contributed by atoms with van der Waals surface area (Å²) in [6.45, 7) is 0.653. The van der Waals surface area contributed by atoms with E-state index in [1.165, 1.54) is 0 Å². The summed E-state index contributed by atoms with van der Waals surface area (Å²) in [6, 6.07) is 15.4. The molecule has 0 saturated carbocycles. The van der Waals surface area contributed by atoms with Crippen LogP contribution < -0.4 is 0 Å². The van der Waals surface area contributed by atoms with E-state index in [2.05, 4.69) is 14.5 Å². The lowest BCUT2D eigenvalue weighted by atomic mass is 10.2. The summed E-state index contributed by atoms with van der Waals surface area (Å²) < 4.78 is 7.57. The predicted molar refractivity (Wildman–Crippen MR) is 85.8 cm³/mol. The summed E-state index contributed by atoms with van der Waals surface area (Å²) in [7, 11) is 0. The van der Waals surface area contributed by atoms with Crippen LogP contribution in [0.3, 0.4) is 0 Å². The number of benzene rings is 1. The monoisotopic (exact) mass is 309 g/mol. The highest BCUT2D eigenvalue weighted by Crippen LogP contribution is 2.25. The van der Waals surface area contributed by atoms with Gasteiger partial charge in [-0.05, 0) is 42.0 Å². The van der Waals surface area contributed by atoms with Gasteiger partial charge in [0.1, 0.15) is 5.52 Å². The molecule has 0 aliphatic rings. The molecule has 3 heterocycles. The van der Waals surface area contributed by atoms with Crippen LogP contribution in [0.5, 0.6) is 0 Å². The van der Waals surface area contributed by atoms with Gasteiger partial charge in [-0.15, -0.1) is 0 Å². The van der Waals surface area contributed by atoms with Crippen molar-refractivity contribution < 1.29 is 4.42 Å². The Bertz CT molecular complexity index is 911. The third kappa shape index (κ3) is 2.27. The number of pyridine rings is 1. The number of rotatable bonds is 3. The van der Waals surface area contributed by atoms with E-state index >= 15 is 0 Å². The fraction of sp³-hybridized carbons (Fsp3) is 0.0588. The van der Waals surface area contributed by atoms with E-state index in [0.717, 1.165) is 33.3 Å². The first-order valence-electron chi connectivity index (χ1n) is 6.91. The summed E-state index contributed by atoms with van der Waals surface area (Å²) in [5.41, 5.74) is 2.81. The smallest absolute Gasteiger partial charge is 0.178 e. The normalized spacial score (nSPS) is 11.1. The second-order valence-electron chi connectivity index (χ2n) is 4.97. The van der Waals surface area contributed by atoms with Crippen LogP contribution in [0.2, 0.25) is 5.02 Å². The Morgan fingerprint density at radius 1 is 1.05 bits per heavy atom. The summed E-state index contributed by atoms with van der Waals surface area (Å²) in [5.74, 6) is 1.50. The molecule has 0 atom stereocenters. The molecular weight excluding hydrogens is 298 g/mol. The Hall–Kier alpha value is -2.59. The number of fused-ring (bicyclic) bond motifs is 1. The Labute approximate surface area is 132 Å². The summed E-state index contributed by atoms with van der Waals surface area (Å²) in [4.78, 5) is 9.11. The minimum absolute atomic E-state index is 0.653. The number of furan rings is 1. The van der Waals surface area contributed by atoms with Crippen molar-refractivity contribution in [3.8, 4) is 11.6 Å². The third-order valence-corrected chi connectivity index (χ3v) is 3.75. The quantitative estimate of drug-likeness (QED) is 0.563. The van der Waals surface area contributed by atoms with Gasteiger partial charge in [-0.1, -0.05) is 23.7 Å². The largest absolute Gasteiger partial charge is 0.461 e. The number of hydrogen-bond acceptors (Lipinski definition) is 3. The molecule has 0 aliphatic heterocycles.